The number of carbonyl (C=O) groups excluding carboxylic acids is 5. The number of esters is 1. The second kappa shape index (κ2) is 15.8. The summed E-state index contributed by atoms with van der Waals surface area (Å²) >= 11 is 0. The first-order chi connectivity index (χ1) is 22.8. The predicted molar refractivity (Wildman–Crippen MR) is 182 cm³/mol. The van der Waals surface area contributed by atoms with Crippen LogP contribution in [0.2, 0.25) is 0 Å². The van der Waals surface area contributed by atoms with Crippen LogP contribution in [0.25, 0.3) is 0 Å². The fourth-order valence-corrected chi connectivity index (χ4v) is 5.16. The second-order valence-electron chi connectivity index (χ2n) is 11.7. The summed E-state index contributed by atoms with van der Waals surface area (Å²) in [6.07, 6.45) is 5.80. The van der Waals surface area contributed by atoms with Gasteiger partial charge in [0.25, 0.3) is 17.7 Å². The molecular formula is C34H42N8O6. The topological polar surface area (TPSA) is 161 Å². The lowest BCUT2D eigenvalue weighted by molar-refractivity contribution is -0.139. The number of nitrogens with zero attached hydrogens (tertiary/aromatic N) is 4. The first kappa shape index (κ1) is 35.2. The SMILES string of the molecule is COC(=O)Cc1ccccc1CC(=O)Nc1cc(C(=O)Nc2cc(C(=O)Nc3cc(C(=O)NCCCN(C)C)n(C)c3)n(C)c2)n(C)c1. The minimum atomic E-state index is -0.441. The molecule has 48 heavy (non-hydrogen) atoms. The number of benzene rings is 1. The van der Waals surface area contributed by atoms with E-state index in [2.05, 4.69) is 21.3 Å². The van der Waals surface area contributed by atoms with Crippen molar-refractivity contribution in [2.75, 3.05) is 50.2 Å². The number of aromatic nitrogens is 3. The molecule has 0 aliphatic carbocycles. The molecule has 14 heteroatoms. The Bertz CT molecular complexity index is 1820. The molecule has 0 atom stereocenters. The summed E-state index contributed by atoms with van der Waals surface area (Å²) in [6.45, 7) is 1.39. The first-order valence-corrected chi connectivity index (χ1v) is 15.3. The number of rotatable bonds is 14. The lowest BCUT2D eigenvalue weighted by Gasteiger charge is -2.10. The van der Waals surface area contributed by atoms with Gasteiger partial charge >= 0.3 is 5.97 Å². The van der Waals surface area contributed by atoms with Gasteiger partial charge in [0.2, 0.25) is 5.91 Å². The minimum absolute atomic E-state index is 0.0347. The Morgan fingerprint density at radius 1 is 0.688 bits per heavy atom. The van der Waals surface area contributed by atoms with Gasteiger partial charge in [0, 0.05) is 46.3 Å². The van der Waals surface area contributed by atoms with E-state index in [4.69, 9.17) is 4.74 Å². The maximum Gasteiger partial charge on any atom is 0.309 e. The molecule has 4 N–H and O–H groups in total. The zero-order chi connectivity index (χ0) is 35.0. The van der Waals surface area contributed by atoms with E-state index in [0.717, 1.165) is 13.0 Å². The third-order valence-electron chi connectivity index (χ3n) is 7.61. The fraction of sp³-hybridized carbons (Fsp3) is 0.324. The zero-order valence-corrected chi connectivity index (χ0v) is 28.0. The Kier molecular flexibility index (Phi) is 11.6. The van der Waals surface area contributed by atoms with Crippen LogP contribution in [0.1, 0.15) is 49.0 Å². The highest BCUT2D eigenvalue weighted by molar-refractivity contribution is 6.07. The Labute approximate surface area is 279 Å². The minimum Gasteiger partial charge on any atom is -0.469 e. The number of hydrogen-bond acceptors (Lipinski definition) is 7. The van der Waals surface area contributed by atoms with Crippen LogP contribution in [0, 0.1) is 0 Å². The van der Waals surface area contributed by atoms with Crippen LogP contribution in [-0.4, -0.2) is 82.5 Å². The third-order valence-corrected chi connectivity index (χ3v) is 7.61. The van der Waals surface area contributed by atoms with Crippen molar-refractivity contribution in [3.63, 3.8) is 0 Å². The van der Waals surface area contributed by atoms with Crippen molar-refractivity contribution in [2.45, 2.75) is 19.3 Å². The molecule has 0 spiro atoms. The summed E-state index contributed by atoms with van der Waals surface area (Å²) < 4.78 is 9.56. The zero-order valence-electron chi connectivity index (χ0n) is 28.0. The van der Waals surface area contributed by atoms with Gasteiger partial charge in [0.05, 0.1) is 37.0 Å². The molecule has 3 heterocycles. The van der Waals surface area contributed by atoms with E-state index in [0.29, 0.717) is 40.4 Å². The van der Waals surface area contributed by atoms with Crippen molar-refractivity contribution in [3.8, 4) is 0 Å². The van der Waals surface area contributed by atoms with Crippen LogP contribution >= 0.6 is 0 Å². The van der Waals surface area contributed by atoms with E-state index >= 15 is 0 Å². The van der Waals surface area contributed by atoms with Crippen molar-refractivity contribution in [1.29, 1.82) is 0 Å². The van der Waals surface area contributed by atoms with Crippen molar-refractivity contribution >= 4 is 46.7 Å². The van der Waals surface area contributed by atoms with Crippen LogP contribution in [0.5, 0.6) is 0 Å². The van der Waals surface area contributed by atoms with Gasteiger partial charge in [-0.2, -0.15) is 0 Å². The van der Waals surface area contributed by atoms with E-state index in [1.165, 1.54) is 7.11 Å². The number of ether oxygens (including phenoxy) is 1. The number of carbonyl (C=O) groups is 5. The highest BCUT2D eigenvalue weighted by Gasteiger charge is 2.19. The molecule has 1 aromatic carbocycles. The van der Waals surface area contributed by atoms with Gasteiger partial charge in [-0.1, -0.05) is 24.3 Å². The van der Waals surface area contributed by atoms with E-state index in [9.17, 15) is 24.0 Å². The smallest absolute Gasteiger partial charge is 0.309 e. The molecule has 3 aromatic heterocycles. The summed E-state index contributed by atoms with van der Waals surface area (Å²) in [5.41, 5.74) is 3.66. The van der Waals surface area contributed by atoms with Crippen molar-refractivity contribution in [2.24, 2.45) is 21.1 Å². The lowest BCUT2D eigenvalue weighted by Crippen LogP contribution is -2.28. The maximum atomic E-state index is 13.2. The van der Waals surface area contributed by atoms with Crippen LogP contribution in [0.3, 0.4) is 0 Å². The first-order valence-electron chi connectivity index (χ1n) is 15.3. The van der Waals surface area contributed by atoms with Crippen LogP contribution < -0.4 is 21.3 Å². The highest BCUT2D eigenvalue weighted by atomic mass is 16.5. The Morgan fingerprint density at radius 3 is 1.62 bits per heavy atom. The number of nitrogens with one attached hydrogen (secondary N) is 4. The number of hydrogen-bond donors (Lipinski definition) is 4. The standard InChI is InChI=1S/C34H42N8O6/c1-39(2)13-9-12-35-32(45)27-17-25(20-40(27)3)37-34(47)29-18-26(21-42(29)5)38-33(46)28-16-24(19-41(28)4)36-30(43)14-22-10-7-8-11-23(22)15-31(44)48-6/h7-8,10-11,16-21H,9,12-15H2,1-6H3,(H,35,45)(H,36,43)(H,37,47)(H,38,46). The third kappa shape index (κ3) is 9.22. The molecule has 0 saturated heterocycles. The van der Waals surface area contributed by atoms with Crippen LogP contribution in [0.15, 0.2) is 61.1 Å². The van der Waals surface area contributed by atoms with E-state index in [-0.39, 0.29) is 36.0 Å². The van der Waals surface area contributed by atoms with E-state index < -0.39 is 17.8 Å². The molecule has 0 unspecified atom stereocenters. The summed E-state index contributed by atoms with van der Waals surface area (Å²) in [6, 6.07) is 11.8. The van der Waals surface area contributed by atoms with Crippen molar-refractivity contribution in [3.05, 3.63) is 89.3 Å². The van der Waals surface area contributed by atoms with Gasteiger partial charge in [0.1, 0.15) is 17.1 Å². The van der Waals surface area contributed by atoms with Gasteiger partial charge in [-0.25, -0.2) is 0 Å². The van der Waals surface area contributed by atoms with Gasteiger partial charge in [-0.05, 0) is 56.4 Å². The molecular weight excluding hydrogens is 616 g/mol. The second-order valence-corrected chi connectivity index (χ2v) is 11.7. The van der Waals surface area contributed by atoms with Gasteiger partial charge in [-0.3, -0.25) is 24.0 Å². The van der Waals surface area contributed by atoms with Crippen LogP contribution in [0.4, 0.5) is 17.1 Å². The fourth-order valence-electron chi connectivity index (χ4n) is 5.16. The van der Waals surface area contributed by atoms with E-state index in [1.54, 1.807) is 95.9 Å². The Hall–Kier alpha value is -5.63. The molecule has 4 amide bonds. The molecule has 0 aliphatic heterocycles. The predicted octanol–water partition coefficient (Wildman–Crippen LogP) is 2.78. The van der Waals surface area contributed by atoms with Crippen molar-refractivity contribution in [1.82, 2.24) is 23.9 Å². The van der Waals surface area contributed by atoms with Crippen molar-refractivity contribution < 1.29 is 28.7 Å². The lowest BCUT2D eigenvalue weighted by atomic mass is 10.0. The van der Waals surface area contributed by atoms with Crippen LogP contribution in [-0.2, 0) is 48.3 Å². The van der Waals surface area contributed by atoms with Gasteiger partial charge < -0.3 is 44.6 Å². The maximum absolute atomic E-state index is 13.2. The summed E-state index contributed by atoms with van der Waals surface area (Å²) in [5.74, 6) is -1.80. The average molecular weight is 659 g/mol. The van der Waals surface area contributed by atoms with E-state index in [1.807, 2.05) is 19.0 Å². The molecule has 254 valence electrons. The highest BCUT2D eigenvalue weighted by Crippen LogP contribution is 2.20. The Morgan fingerprint density at radius 2 is 1.15 bits per heavy atom. The molecule has 0 bridgehead atoms. The quantitative estimate of drug-likeness (QED) is 0.120. The normalized spacial score (nSPS) is 10.9. The molecule has 0 saturated carbocycles. The summed E-state index contributed by atoms with van der Waals surface area (Å²) in [5, 5.41) is 11.3. The number of methoxy groups -OCH3 is 1. The molecule has 0 radical (unpaired) electrons. The molecule has 0 fully saturated rings. The summed E-state index contributed by atoms with van der Waals surface area (Å²) in [4.78, 5) is 65.6. The monoisotopic (exact) mass is 658 g/mol. The molecule has 4 rings (SSSR count). The summed E-state index contributed by atoms with van der Waals surface area (Å²) in [7, 11) is 10.4. The molecule has 0 aliphatic rings. The number of anilines is 3. The largest absolute Gasteiger partial charge is 0.469 e. The molecule has 14 nitrogen and oxygen atoms in total. The molecule has 4 aromatic rings. The van der Waals surface area contributed by atoms with Gasteiger partial charge in [-0.15, -0.1) is 0 Å². The number of amides is 4. The average Bonchev–Trinajstić information content (AvgIpc) is 3.70. The Balaban J connectivity index is 1.35. The van der Waals surface area contributed by atoms with Gasteiger partial charge in [0.15, 0.2) is 0 Å². The number of aryl methyl sites for hydroxylation is 3.